The Kier molecular flexibility index (Phi) is 2.81. The van der Waals surface area contributed by atoms with Gasteiger partial charge in [-0.15, -0.1) is 5.10 Å². The van der Waals surface area contributed by atoms with Crippen LogP contribution in [0.25, 0.3) is 0 Å². The predicted molar refractivity (Wildman–Crippen MR) is 69.6 cm³/mol. The van der Waals surface area contributed by atoms with Gasteiger partial charge in [-0.25, -0.2) is 9.07 Å². The van der Waals surface area contributed by atoms with Crippen LogP contribution in [0.2, 0.25) is 0 Å². The minimum atomic E-state index is -0.263. The van der Waals surface area contributed by atoms with Gasteiger partial charge in [0.2, 0.25) is 0 Å². The average molecular weight is 311 g/mol. The summed E-state index contributed by atoms with van der Waals surface area (Å²) in [5.74, 6) is 0.699. The first-order valence-electron chi connectivity index (χ1n) is 5.77. The lowest BCUT2D eigenvalue weighted by Crippen LogP contribution is -2.07. The van der Waals surface area contributed by atoms with Crippen molar-refractivity contribution in [2.75, 3.05) is 5.73 Å². The van der Waals surface area contributed by atoms with Crippen LogP contribution in [0, 0.1) is 5.82 Å². The highest BCUT2D eigenvalue weighted by Gasteiger charge is 2.30. The zero-order chi connectivity index (χ0) is 12.7. The quantitative estimate of drug-likeness (QED) is 0.948. The van der Waals surface area contributed by atoms with Crippen LogP contribution < -0.4 is 5.73 Å². The van der Waals surface area contributed by atoms with Gasteiger partial charge in [0.25, 0.3) is 0 Å². The summed E-state index contributed by atoms with van der Waals surface area (Å²) >= 11 is 3.28. The molecular weight excluding hydrogens is 299 g/mol. The highest BCUT2D eigenvalue weighted by atomic mass is 79.9. The van der Waals surface area contributed by atoms with Gasteiger partial charge in [-0.3, -0.25) is 0 Å². The topological polar surface area (TPSA) is 56.7 Å². The molecule has 0 bridgehead atoms. The largest absolute Gasteiger partial charge is 0.381 e. The minimum Gasteiger partial charge on any atom is -0.381 e. The molecule has 1 fully saturated rings. The molecule has 0 saturated heterocycles. The molecule has 1 aromatic carbocycles. The molecule has 0 spiro atoms. The number of hydrogen-bond donors (Lipinski definition) is 1. The van der Waals surface area contributed by atoms with Crippen molar-refractivity contribution in [3.8, 4) is 0 Å². The Morgan fingerprint density at radius 2 is 2.17 bits per heavy atom. The molecule has 94 valence electrons. The van der Waals surface area contributed by atoms with Crippen LogP contribution in [0.4, 0.5) is 10.2 Å². The third-order valence-corrected chi connectivity index (χ3v) is 3.48. The molecule has 0 unspecified atom stereocenters. The number of hydrogen-bond acceptors (Lipinski definition) is 3. The number of nitrogens with two attached hydrogens (primary N) is 1. The molecule has 18 heavy (non-hydrogen) atoms. The Balaban J connectivity index is 1.92. The minimum absolute atomic E-state index is 0.263. The normalized spacial score (nSPS) is 15.0. The molecule has 1 heterocycles. The summed E-state index contributed by atoms with van der Waals surface area (Å²) in [6.45, 7) is 0.492. The first kappa shape index (κ1) is 11.6. The van der Waals surface area contributed by atoms with Crippen LogP contribution >= 0.6 is 15.9 Å². The maximum atomic E-state index is 13.3. The van der Waals surface area contributed by atoms with Gasteiger partial charge in [-0.2, -0.15) is 0 Å². The second-order valence-corrected chi connectivity index (χ2v) is 5.49. The number of rotatable bonds is 3. The Morgan fingerprint density at radius 1 is 1.39 bits per heavy atom. The monoisotopic (exact) mass is 310 g/mol. The number of anilines is 1. The van der Waals surface area contributed by atoms with Crippen molar-refractivity contribution in [1.29, 1.82) is 0 Å². The molecule has 1 aliphatic rings. The number of benzene rings is 1. The van der Waals surface area contributed by atoms with Crippen molar-refractivity contribution >= 4 is 21.7 Å². The zero-order valence-electron chi connectivity index (χ0n) is 9.61. The van der Waals surface area contributed by atoms with E-state index < -0.39 is 0 Å². The van der Waals surface area contributed by atoms with Crippen molar-refractivity contribution in [3.05, 3.63) is 39.7 Å². The van der Waals surface area contributed by atoms with Crippen molar-refractivity contribution < 1.29 is 4.39 Å². The fourth-order valence-corrected chi connectivity index (χ4v) is 2.62. The SMILES string of the molecule is Nc1nnn(Cc2cc(F)cc(Br)c2)c1C1CC1. The highest BCUT2D eigenvalue weighted by molar-refractivity contribution is 9.10. The molecule has 0 amide bonds. The molecule has 6 heteroatoms. The first-order valence-corrected chi connectivity index (χ1v) is 6.56. The van der Waals surface area contributed by atoms with Crippen molar-refractivity contribution in [2.24, 2.45) is 0 Å². The lowest BCUT2D eigenvalue weighted by molar-refractivity contribution is 0.602. The van der Waals surface area contributed by atoms with Gasteiger partial charge in [0.1, 0.15) is 5.82 Å². The standard InChI is InChI=1S/C12H12BrFN4/c13-9-3-7(4-10(14)5-9)6-18-11(8-1-2-8)12(15)16-17-18/h3-5,8H,1-2,6,15H2. The summed E-state index contributed by atoms with van der Waals surface area (Å²) in [5, 5.41) is 7.94. The van der Waals surface area contributed by atoms with E-state index in [0.29, 0.717) is 18.3 Å². The Morgan fingerprint density at radius 3 is 2.83 bits per heavy atom. The molecule has 4 nitrogen and oxygen atoms in total. The van der Waals surface area contributed by atoms with Crippen LogP contribution in [0.15, 0.2) is 22.7 Å². The molecule has 2 aromatic rings. The van der Waals surface area contributed by atoms with Gasteiger partial charge < -0.3 is 5.73 Å². The van der Waals surface area contributed by atoms with Crippen molar-refractivity contribution in [1.82, 2.24) is 15.0 Å². The summed E-state index contributed by atoms with van der Waals surface area (Å²) in [6.07, 6.45) is 2.26. The second-order valence-electron chi connectivity index (χ2n) is 4.57. The van der Waals surface area contributed by atoms with Crippen LogP contribution in [0.1, 0.15) is 30.0 Å². The van der Waals surface area contributed by atoms with E-state index in [2.05, 4.69) is 26.2 Å². The summed E-state index contributed by atoms with van der Waals surface area (Å²) in [6, 6.07) is 4.80. The summed E-state index contributed by atoms with van der Waals surface area (Å²) < 4.78 is 15.8. The Labute approximate surface area is 112 Å². The maximum absolute atomic E-state index is 13.3. The molecule has 3 rings (SSSR count). The van der Waals surface area contributed by atoms with E-state index in [-0.39, 0.29) is 5.82 Å². The van der Waals surface area contributed by atoms with E-state index >= 15 is 0 Å². The molecule has 0 aliphatic heterocycles. The van der Waals surface area contributed by atoms with Crippen molar-refractivity contribution in [3.63, 3.8) is 0 Å². The van der Waals surface area contributed by atoms with E-state index in [4.69, 9.17) is 5.73 Å². The van der Waals surface area contributed by atoms with E-state index in [0.717, 1.165) is 28.6 Å². The summed E-state index contributed by atoms with van der Waals surface area (Å²) in [4.78, 5) is 0. The van der Waals surface area contributed by atoms with Gasteiger partial charge >= 0.3 is 0 Å². The maximum Gasteiger partial charge on any atom is 0.169 e. The van der Waals surface area contributed by atoms with Gasteiger partial charge in [0.15, 0.2) is 5.82 Å². The average Bonchev–Trinajstić information content (AvgIpc) is 3.04. The molecule has 1 aromatic heterocycles. The summed E-state index contributed by atoms with van der Waals surface area (Å²) in [5.41, 5.74) is 7.64. The second kappa shape index (κ2) is 4.35. The van der Waals surface area contributed by atoms with Crippen LogP contribution in [-0.2, 0) is 6.54 Å². The number of nitrogens with zero attached hydrogens (tertiary/aromatic N) is 3. The van der Waals surface area contributed by atoms with Crippen LogP contribution in [-0.4, -0.2) is 15.0 Å². The molecule has 1 saturated carbocycles. The molecule has 1 aliphatic carbocycles. The van der Waals surface area contributed by atoms with Gasteiger partial charge in [-0.1, -0.05) is 21.1 Å². The molecule has 0 atom stereocenters. The smallest absolute Gasteiger partial charge is 0.169 e. The van der Waals surface area contributed by atoms with Crippen molar-refractivity contribution in [2.45, 2.75) is 25.3 Å². The van der Waals surface area contributed by atoms with Gasteiger partial charge in [0, 0.05) is 10.4 Å². The fourth-order valence-electron chi connectivity index (χ4n) is 2.10. The number of halogens is 2. The van der Waals surface area contributed by atoms with Crippen LogP contribution in [0.3, 0.4) is 0 Å². The van der Waals surface area contributed by atoms with E-state index in [1.807, 2.05) is 6.07 Å². The van der Waals surface area contributed by atoms with E-state index in [1.165, 1.54) is 12.1 Å². The zero-order valence-corrected chi connectivity index (χ0v) is 11.2. The van der Waals surface area contributed by atoms with E-state index in [9.17, 15) is 4.39 Å². The number of nitrogen functional groups attached to an aromatic ring is 1. The van der Waals surface area contributed by atoms with Gasteiger partial charge in [0.05, 0.1) is 12.2 Å². The molecule has 2 N–H and O–H groups in total. The fraction of sp³-hybridized carbons (Fsp3) is 0.333. The predicted octanol–water partition coefficient (Wildman–Crippen LogP) is 2.69. The third-order valence-electron chi connectivity index (χ3n) is 3.02. The molecule has 0 radical (unpaired) electrons. The highest BCUT2D eigenvalue weighted by Crippen LogP contribution is 2.42. The summed E-state index contributed by atoms with van der Waals surface area (Å²) in [7, 11) is 0. The van der Waals surface area contributed by atoms with Gasteiger partial charge in [-0.05, 0) is 36.6 Å². The van der Waals surface area contributed by atoms with E-state index in [1.54, 1.807) is 4.68 Å². The third kappa shape index (κ3) is 2.25. The Bertz CT molecular complexity index is 572. The lowest BCUT2D eigenvalue weighted by atomic mass is 10.2. The Hall–Kier alpha value is -1.43. The first-order chi connectivity index (χ1) is 8.63. The number of aromatic nitrogens is 3. The van der Waals surface area contributed by atoms with Crippen LogP contribution in [0.5, 0.6) is 0 Å². The molecular formula is C12H12BrFN4. The lowest BCUT2D eigenvalue weighted by Gasteiger charge is -2.06.